The first-order valence-electron chi connectivity index (χ1n) is 5.36. The second-order valence-electron chi connectivity index (χ2n) is 3.18. The van der Waals surface area contributed by atoms with Gasteiger partial charge in [0.2, 0.25) is 0 Å². The van der Waals surface area contributed by atoms with Crippen LogP contribution in [0.5, 0.6) is 5.75 Å². The minimum Gasteiger partial charge on any atom is -0.494 e. The van der Waals surface area contributed by atoms with Gasteiger partial charge in [0.15, 0.2) is 0 Å². The second kappa shape index (κ2) is 6.43. The van der Waals surface area contributed by atoms with E-state index in [1.54, 1.807) is 0 Å². The van der Waals surface area contributed by atoms with Crippen molar-refractivity contribution in [2.24, 2.45) is 5.73 Å². The van der Waals surface area contributed by atoms with Gasteiger partial charge in [0, 0.05) is 13.2 Å². The molecule has 3 nitrogen and oxygen atoms in total. The third kappa shape index (κ3) is 3.53. The molecule has 15 heavy (non-hydrogen) atoms. The molecule has 0 aromatic heterocycles. The van der Waals surface area contributed by atoms with Crippen LogP contribution < -0.4 is 10.5 Å². The van der Waals surface area contributed by atoms with Crippen molar-refractivity contribution in [3.8, 4) is 5.75 Å². The topological polar surface area (TPSA) is 44.5 Å². The Morgan fingerprint density at radius 2 is 1.80 bits per heavy atom. The van der Waals surface area contributed by atoms with Crippen molar-refractivity contribution in [1.82, 2.24) is 0 Å². The Morgan fingerprint density at radius 1 is 1.13 bits per heavy atom. The summed E-state index contributed by atoms with van der Waals surface area (Å²) >= 11 is 0. The molecule has 2 N–H and O–H groups in total. The smallest absolute Gasteiger partial charge is 0.119 e. The van der Waals surface area contributed by atoms with Crippen molar-refractivity contribution in [3.63, 3.8) is 0 Å². The van der Waals surface area contributed by atoms with Gasteiger partial charge in [-0.15, -0.1) is 0 Å². The molecule has 0 fully saturated rings. The lowest BCUT2D eigenvalue weighted by atomic mass is 10.1. The van der Waals surface area contributed by atoms with E-state index in [0.29, 0.717) is 19.8 Å². The summed E-state index contributed by atoms with van der Waals surface area (Å²) in [5.74, 6) is 0.883. The van der Waals surface area contributed by atoms with Crippen LogP contribution in [0.25, 0.3) is 0 Å². The normalized spacial score (nSPS) is 12.5. The van der Waals surface area contributed by atoms with E-state index >= 15 is 0 Å². The molecular weight excluding hydrogens is 190 g/mol. The van der Waals surface area contributed by atoms with E-state index in [0.717, 1.165) is 11.3 Å². The molecule has 0 spiro atoms. The first-order valence-corrected chi connectivity index (χ1v) is 5.36. The second-order valence-corrected chi connectivity index (χ2v) is 3.18. The SMILES string of the molecule is CCOc1ccc([C@H](CN)OCC)cc1. The summed E-state index contributed by atoms with van der Waals surface area (Å²) in [7, 11) is 0. The lowest BCUT2D eigenvalue weighted by Crippen LogP contribution is -2.15. The van der Waals surface area contributed by atoms with Gasteiger partial charge in [0.1, 0.15) is 5.75 Å². The minimum atomic E-state index is -0.00863. The molecule has 0 unspecified atom stereocenters. The van der Waals surface area contributed by atoms with Crippen molar-refractivity contribution in [2.75, 3.05) is 19.8 Å². The summed E-state index contributed by atoms with van der Waals surface area (Å²) < 4.78 is 10.9. The van der Waals surface area contributed by atoms with E-state index < -0.39 is 0 Å². The average molecular weight is 209 g/mol. The van der Waals surface area contributed by atoms with Crippen LogP contribution >= 0.6 is 0 Å². The zero-order chi connectivity index (χ0) is 11.1. The summed E-state index contributed by atoms with van der Waals surface area (Å²) in [5.41, 5.74) is 6.73. The maximum Gasteiger partial charge on any atom is 0.119 e. The molecule has 3 heteroatoms. The number of rotatable bonds is 6. The Bertz CT molecular complexity index is 271. The first kappa shape index (κ1) is 12.0. The van der Waals surface area contributed by atoms with Gasteiger partial charge in [-0.05, 0) is 31.5 Å². The molecule has 0 aliphatic carbocycles. The van der Waals surface area contributed by atoms with Crippen molar-refractivity contribution in [1.29, 1.82) is 0 Å². The fourth-order valence-electron chi connectivity index (χ4n) is 1.45. The molecule has 84 valence electrons. The van der Waals surface area contributed by atoms with Gasteiger partial charge in [-0.25, -0.2) is 0 Å². The van der Waals surface area contributed by atoms with Crippen LogP contribution in [0.3, 0.4) is 0 Å². The molecule has 0 heterocycles. The zero-order valence-electron chi connectivity index (χ0n) is 9.40. The highest BCUT2D eigenvalue weighted by Crippen LogP contribution is 2.19. The Kier molecular flexibility index (Phi) is 5.15. The molecule has 0 amide bonds. The lowest BCUT2D eigenvalue weighted by Gasteiger charge is -2.15. The van der Waals surface area contributed by atoms with Crippen molar-refractivity contribution in [3.05, 3.63) is 29.8 Å². The number of hydrogen-bond acceptors (Lipinski definition) is 3. The fourth-order valence-corrected chi connectivity index (χ4v) is 1.45. The largest absolute Gasteiger partial charge is 0.494 e. The summed E-state index contributed by atoms with van der Waals surface area (Å²) in [4.78, 5) is 0. The van der Waals surface area contributed by atoms with Gasteiger partial charge in [-0.1, -0.05) is 12.1 Å². The molecule has 1 atom stereocenters. The maximum atomic E-state index is 5.63. The molecule has 0 saturated heterocycles. The van der Waals surface area contributed by atoms with Gasteiger partial charge in [-0.3, -0.25) is 0 Å². The molecule has 1 rings (SSSR count). The molecule has 1 aromatic carbocycles. The molecule has 0 aliphatic heterocycles. The fraction of sp³-hybridized carbons (Fsp3) is 0.500. The third-order valence-electron chi connectivity index (χ3n) is 2.14. The molecular formula is C12H19NO2. The van der Waals surface area contributed by atoms with Gasteiger partial charge in [-0.2, -0.15) is 0 Å². The number of hydrogen-bond donors (Lipinski definition) is 1. The van der Waals surface area contributed by atoms with Crippen LogP contribution in [-0.2, 0) is 4.74 Å². The predicted octanol–water partition coefficient (Wildman–Crippen LogP) is 2.12. The Hall–Kier alpha value is -1.06. The average Bonchev–Trinajstić information content (AvgIpc) is 2.28. The maximum absolute atomic E-state index is 5.63. The minimum absolute atomic E-state index is 0.00863. The number of nitrogens with two attached hydrogens (primary N) is 1. The molecule has 0 aliphatic rings. The standard InChI is InChI=1S/C12H19NO2/c1-3-14-11-7-5-10(6-8-11)12(9-13)15-4-2/h5-8,12H,3-4,9,13H2,1-2H3/t12-/m0/s1. The molecule has 1 aromatic rings. The van der Waals surface area contributed by atoms with Crippen molar-refractivity contribution in [2.45, 2.75) is 20.0 Å². The van der Waals surface area contributed by atoms with E-state index in [2.05, 4.69) is 0 Å². The Morgan fingerprint density at radius 3 is 2.27 bits per heavy atom. The van der Waals surface area contributed by atoms with E-state index in [9.17, 15) is 0 Å². The highest BCUT2D eigenvalue weighted by Gasteiger charge is 2.08. The van der Waals surface area contributed by atoms with Crippen LogP contribution in [0.15, 0.2) is 24.3 Å². The lowest BCUT2D eigenvalue weighted by molar-refractivity contribution is 0.0688. The van der Waals surface area contributed by atoms with Crippen LogP contribution in [0, 0.1) is 0 Å². The van der Waals surface area contributed by atoms with Crippen LogP contribution in [-0.4, -0.2) is 19.8 Å². The van der Waals surface area contributed by atoms with Crippen LogP contribution in [0.4, 0.5) is 0 Å². The van der Waals surface area contributed by atoms with E-state index in [-0.39, 0.29) is 6.10 Å². The van der Waals surface area contributed by atoms with E-state index in [4.69, 9.17) is 15.2 Å². The van der Waals surface area contributed by atoms with E-state index in [1.165, 1.54) is 0 Å². The highest BCUT2D eigenvalue weighted by atomic mass is 16.5. The van der Waals surface area contributed by atoms with Gasteiger partial charge in [0.25, 0.3) is 0 Å². The zero-order valence-corrected chi connectivity index (χ0v) is 9.40. The molecule has 0 saturated carbocycles. The Balaban J connectivity index is 2.68. The number of benzene rings is 1. The molecule has 0 radical (unpaired) electrons. The quantitative estimate of drug-likeness (QED) is 0.780. The first-order chi connectivity index (χ1) is 7.31. The van der Waals surface area contributed by atoms with Gasteiger partial charge in [0.05, 0.1) is 12.7 Å². The van der Waals surface area contributed by atoms with Crippen LogP contribution in [0.2, 0.25) is 0 Å². The van der Waals surface area contributed by atoms with Crippen molar-refractivity contribution < 1.29 is 9.47 Å². The highest BCUT2D eigenvalue weighted by molar-refractivity contribution is 5.28. The Labute approximate surface area is 91.2 Å². The predicted molar refractivity (Wildman–Crippen MR) is 61.0 cm³/mol. The monoisotopic (exact) mass is 209 g/mol. The summed E-state index contributed by atoms with van der Waals surface area (Å²) in [6.45, 7) is 5.80. The number of ether oxygens (including phenoxy) is 2. The summed E-state index contributed by atoms with van der Waals surface area (Å²) in [6, 6.07) is 7.89. The van der Waals surface area contributed by atoms with Gasteiger partial charge < -0.3 is 15.2 Å². The summed E-state index contributed by atoms with van der Waals surface area (Å²) in [5, 5.41) is 0. The molecule has 0 bridgehead atoms. The third-order valence-corrected chi connectivity index (χ3v) is 2.14. The summed E-state index contributed by atoms with van der Waals surface area (Å²) in [6.07, 6.45) is -0.00863. The van der Waals surface area contributed by atoms with E-state index in [1.807, 2.05) is 38.1 Å². The van der Waals surface area contributed by atoms with Gasteiger partial charge >= 0.3 is 0 Å². The van der Waals surface area contributed by atoms with Crippen molar-refractivity contribution >= 4 is 0 Å². The van der Waals surface area contributed by atoms with Crippen LogP contribution in [0.1, 0.15) is 25.5 Å².